The predicted molar refractivity (Wildman–Crippen MR) is 131 cm³/mol. The maximum atomic E-state index is 13.2. The monoisotopic (exact) mass is 492 g/mol. The minimum absolute atomic E-state index is 0.0574. The highest BCUT2D eigenvalue weighted by molar-refractivity contribution is 5.68. The summed E-state index contributed by atoms with van der Waals surface area (Å²) >= 11 is 0. The Morgan fingerprint density at radius 2 is 1.94 bits per heavy atom. The lowest BCUT2D eigenvalue weighted by atomic mass is 9.68. The molecule has 0 aromatic carbocycles. The van der Waals surface area contributed by atoms with Crippen LogP contribution in [0.25, 0.3) is 0 Å². The Balaban J connectivity index is 1.16. The van der Waals surface area contributed by atoms with E-state index in [0.717, 1.165) is 84.6 Å². The first kappa shape index (κ1) is 25.5. The minimum Gasteiger partial charge on any atom is -0.443 e. The van der Waals surface area contributed by atoms with E-state index in [4.69, 9.17) is 23.7 Å². The molecule has 0 aromatic rings. The van der Waals surface area contributed by atoms with Gasteiger partial charge in [-0.05, 0) is 65.3 Å². The van der Waals surface area contributed by atoms with Crippen LogP contribution in [0.4, 0.5) is 4.79 Å². The van der Waals surface area contributed by atoms with Gasteiger partial charge in [-0.1, -0.05) is 11.6 Å². The first-order valence-electron chi connectivity index (χ1n) is 13.6. The molecule has 1 spiro atoms. The van der Waals surface area contributed by atoms with E-state index in [0.29, 0.717) is 5.92 Å². The molecule has 0 aromatic heterocycles. The third-order valence-electron chi connectivity index (χ3n) is 8.99. The quantitative estimate of drug-likeness (QED) is 0.380. The summed E-state index contributed by atoms with van der Waals surface area (Å²) in [5.74, 6) is 0.599. The molecule has 0 radical (unpaired) electrons. The predicted octanol–water partition coefficient (Wildman–Crippen LogP) is 3.24. The third kappa shape index (κ3) is 5.42. The number of allylic oxidation sites excluding steroid dienone is 1. The molecule has 1 amide bonds. The highest BCUT2D eigenvalue weighted by atomic mass is 16.6. The van der Waals surface area contributed by atoms with Crippen molar-refractivity contribution in [3.63, 3.8) is 0 Å². The number of rotatable bonds is 8. The fourth-order valence-electron chi connectivity index (χ4n) is 6.70. The lowest BCUT2D eigenvalue weighted by molar-refractivity contribution is -0.121. The van der Waals surface area contributed by atoms with Crippen LogP contribution in [-0.2, 0) is 23.7 Å². The molecule has 35 heavy (non-hydrogen) atoms. The van der Waals surface area contributed by atoms with E-state index in [2.05, 4.69) is 31.7 Å². The maximum Gasteiger partial charge on any atom is 0.410 e. The standard InChI is InChI=1S/C27H44N2O6/c1-19(2)5-6-22-26(3,35-22)24-23(31-4)21(7-10-27(24)18-33-27)34-25(30)29-12-9-20(17-29)8-11-28-13-15-32-16-14-28/h5,20-24H,6-18H2,1-4H3/t20-,21+,22+,23+,24+,26-,27-/m0/s1. The molecule has 1 aliphatic carbocycles. The van der Waals surface area contributed by atoms with Crippen molar-refractivity contribution in [2.45, 2.75) is 82.4 Å². The van der Waals surface area contributed by atoms with Crippen LogP contribution in [0.15, 0.2) is 11.6 Å². The highest BCUT2D eigenvalue weighted by Gasteiger charge is 2.72. The molecule has 4 heterocycles. The van der Waals surface area contributed by atoms with Crippen molar-refractivity contribution in [3.05, 3.63) is 11.6 Å². The van der Waals surface area contributed by atoms with E-state index < -0.39 is 0 Å². The Kier molecular flexibility index (Phi) is 7.48. The number of nitrogens with zero attached hydrogens (tertiary/aromatic N) is 2. The largest absolute Gasteiger partial charge is 0.443 e. The molecule has 4 saturated heterocycles. The van der Waals surface area contributed by atoms with Gasteiger partial charge in [0.25, 0.3) is 0 Å². The zero-order chi connectivity index (χ0) is 24.6. The van der Waals surface area contributed by atoms with E-state index >= 15 is 0 Å². The van der Waals surface area contributed by atoms with E-state index in [1.54, 1.807) is 7.11 Å². The fraction of sp³-hybridized carbons (Fsp3) is 0.889. The Bertz CT molecular complexity index is 791. The fourth-order valence-corrected chi connectivity index (χ4v) is 6.70. The average molecular weight is 493 g/mol. The van der Waals surface area contributed by atoms with Gasteiger partial charge in [-0.15, -0.1) is 0 Å². The summed E-state index contributed by atoms with van der Waals surface area (Å²) < 4.78 is 29.9. The topological polar surface area (TPSA) is 76.3 Å². The number of morpholine rings is 1. The second kappa shape index (κ2) is 10.3. The van der Waals surface area contributed by atoms with Gasteiger partial charge in [0.15, 0.2) is 0 Å². The van der Waals surface area contributed by atoms with Gasteiger partial charge in [0, 0.05) is 33.3 Å². The lowest BCUT2D eigenvalue weighted by Gasteiger charge is -2.43. The van der Waals surface area contributed by atoms with Gasteiger partial charge in [-0.3, -0.25) is 4.90 Å². The number of hydrogen-bond donors (Lipinski definition) is 0. The zero-order valence-corrected chi connectivity index (χ0v) is 22.0. The number of methoxy groups -OCH3 is 1. The number of carbonyl (C=O) groups is 1. The molecule has 5 fully saturated rings. The average Bonchev–Trinajstić information content (AvgIpc) is 3.70. The van der Waals surface area contributed by atoms with Crippen molar-refractivity contribution in [1.82, 2.24) is 9.80 Å². The van der Waals surface area contributed by atoms with E-state index in [1.165, 1.54) is 5.57 Å². The molecule has 5 aliphatic rings. The summed E-state index contributed by atoms with van der Waals surface area (Å²) in [6, 6.07) is 0. The molecule has 0 unspecified atom stereocenters. The minimum atomic E-state index is -0.313. The smallest absolute Gasteiger partial charge is 0.410 e. The molecular formula is C27H44N2O6. The van der Waals surface area contributed by atoms with Crippen LogP contribution in [-0.4, -0.2) is 105 Å². The second-order valence-corrected chi connectivity index (χ2v) is 11.6. The summed E-state index contributed by atoms with van der Waals surface area (Å²) in [6.07, 6.45) is 6.42. The van der Waals surface area contributed by atoms with Crippen molar-refractivity contribution >= 4 is 6.09 Å². The Morgan fingerprint density at radius 3 is 2.63 bits per heavy atom. The zero-order valence-electron chi connectivity index (χ0n) is 22.0. The second-order valence-electron chi connectivity index (χ2n) is 11.6. The molecule has 5 rings (SSSR count). The molecule has 0 N–H and O–H groups in total. The van der Waals surface area contributed by atoms with Gasteiger partial charge in [-0.2, -0.15) is 0 Å². The normalized spacial score (nSPS) is 41.1. The summed E-state index contributed by atoms with van der Waals surface area (Å²) in [7, 11) is 1.73. The Labute approximate surface area is 210 Å². The molecule has 198 valence electrons. The Morgan fingerprint density at radius 1 is 1.17 bits per heavy atom. The molecular weight excluding hydrogens is 448 g/mol. The van der Waals surface area contributed by atoms with E-state index in [1.807, 2.05) is 4.90 Å². The summed E-state index contributed by atoms with van der Waals surface area (Å²) in [4.78, 5) is 17.5. The molecule has 4 aliphatic heterocycles. The van der Waals surface area contributed by atoms with Gasteiger partial charge >= 0.3 is 6.09 Å². The van der Waals surface area contributed by atoms with Crippen molar-refractivity contribution < 1.29 is 28.5 Å². The molecule has 1 saturated carbocycles. The van der Waals surface area contributed by atoms with Crippen molar-refractivity contribution in [1.29, 1.82) is 0 Å². The third-order valence-corrected chi connectivity index (χ3v) is 8.99. The number of carbonyl (C=O) groups excluding carboxylic acids is 1. The number of ether oxygens (including phenoxy) is 5. The number of epoxide rings is 2. The van der Waals surface area contributed by atoms with Crippen LogP contribution in [0.5, 0.6) is 0 Å². The molecule has 8 nitrogen and oxygen atoms in total. The summed E-state index contributed by atoms with van der Waals surface area (Å²) in [6.45, 7) is 13.5. The summed E-state index contributed by atoms with van der Waals surface area (Å²) in [5, 5.41) is 0. The first-order chi connectivity index (χ1) is 16.8. The molecule has 7 atom stereocenters. The van der Waals surface area contributed by atoms with Crippen molar-refractivity contribution in [2.75, 3.05) is 59.7 Å². The van der Waals surface area contributed by atoms with Crippen LogP contribution in [0.3, 0.4) is 0 Å². The van der Waals surface area contributed by atoms with Gasteiger partial charge in [-0.25, -0.2) is 4.79 Å². The number of likely N-dealkylation sites (tertiary alicyclic amines) is 1. The van der Waals surface area contributed by atoms with Gasteiger partial charge in [0.2, 0.25) is 0 Å². The maximum absolute atomic E-state index is 13.2. The molecule has 8 heteroatoms. The lowest BCUT2D eigenvalue weighted by Crippen LogP contribution is -2.56. The first-order valence-corrected chi connectivity index (χ1v) is 13.6. The van der Waals surface area contributed by atoms with Crippen LogP contribution in [0.1, 0.15) is 52.9 Å². The van der Waals surface area contributed by atoms with E-state index in [9.17, 15) is 4.79 Å². The van der Waals surface area contributed by atoms with Gasteiger partial charge < -0.3 is 28.6 Å². The van der Waals surface area contributed by atoms with Crippen LogP contribution in [0.2, 0.25) is 0 Å². The van der Waals surface area contributed by atoms with Crippen LogP contribution in [0, 0.1) is 11.8 Å². The van der Waals surface area contributed by atoms with Crippen LogP contribution < -0.4 is 0 Å². The number of hydrogen-bond acceptors (Lipinski definition) is 7. The van der Waals surface area contributed by atoms with Gasteiger partial charge in [0.1, 0.15) is 23.4 Å². The summed E-state index contributed by atoms with van der Waals surface area (Å²) in [5.41, 5.74) is 0.788. The van der Waals surface area contributed by atoms with Crippen LogP contribution >= 0.6 is 0 Å². The van der Waals surface area contributed by atoms with Crippen molar-refractivity contribution in [2.24, 2.45) is 11.8 Å². The molecule has 0 bridgehead atoms. The SMILES string of the molecule is CO[C@@H]1[C@H](OC(=O)N2CC[C@H](CCN3CCOCC3)C2)CC[C@]2(CO2)[C@H]1[C@@]1(C)O[C@@H]1CC=C(C)C. The highest BCUT2D eigenvalue weighted by Crippen LogP contribution is 2.59. The van der Waals surface area contributed by atoms with E-state index in [-0.39, 0.29) is 41.5 Å². The number of amides is 1. The Hall–Kier alpha value is -1.19. The van der Waals surface area contributed by atoms with Crippen molar-refractivity contribution in [3.8, 4) is 0 Å². The van der Waals surface area contributed by atoms with Gasteiger partial charge in [0.05, 0.1) is 31.8 Å².